The first-order chi connectivity index (χ1) is 7.79. The van der Waals surface area contributed by atoms with E-state index in [9.17, 15) is 4.79 Å². The lowest BCUT2D eigenvalue weighted by Crippen LogP contribution is -2.24. The summed E-state index contributed by atoms with van der Waals surface area (Å²) in [6.45, 7) is 1.75. The molecular weight excluding hydrogens is 256 g/mol. The van der Waals surface area contributed by atoms with Crippen LogP contribution in [0, 0.1) is 5.92 Å². The van der Waals surface area contributed by atoms with Gasteiger partial charge < -0.3 is 10.6 Å². The average molecular weight is 273 g/mol. The van der Waals surface area contributed by atoms with Crippen molar-refractivity contribution in [3.8, 4) is 0 Å². The van der Waals surface area contributed by atoms with E-state index in [4.69, 9.17) is 0 Å². The van der Waals surface area contributed by atoms with Gasteiger partial charge in [0.2, 0.25) is 5.91 Å². The van der Waals surface area contributed by atoms with Crippen LogP contribution in [0.15, 0.2) is 29.2 Å². The third-order valence-electron chi connectivity index (χ3n) is 2.79. The molecule has 94 valence electrons. The van der Waals surface area contributed by atoms with E-state index in [-0.39, 0.29) is 24.2 Å². The van der Waals surface area contributed by atoms with Crippen LogP contribution >= 0.6 is 24.2 Å². The zero-order chi connectivity index (χ0) is 11.4. The van der Waals surface area contributed by atoms with Crippen molar-refractivity contribution in [3.05, 3.63) is 24.3 Å². The van der Waals surface area contributed by atoms with Gasteiger partial charge in [0.05, 0.1) is 5.92 Å². The Kier molecular flexibility index (Phi) is 5.82. The molecular formula is C12H17ClN2OS. The van der Waals surface area contributed by atoms with E-state index in [0.717, 1.165) is 25.2 Å². The fourth-order valence-electron chi connectivity index (χ4n) is 1.80. The first-order valence-corrected chi connectivity index (χ1v) is 6.67. The summed E-state index contributed by atoms with van der Waals surface area (Å²) in [6.07, 6.45) is 2.98. The average Bonchev–Trinajstić information content (AvgIpc) is 2.83. The number of carbonyl (C=O) groups is 1. The van der Waals surface area contributed by atoms with Gasteiger partial charge in [-0.3, -0.25) is 4.79 Å². The van der Waals surface area contributed by atoms with E-state index < -0.39 is 0 Å². The van der Waals surface area contributed by atoms with Gasteiger partial charge in [0.15, 0.2) is 0 Å². The molecule has 0 spiro atoms. The van der Waals surface area contributed by atoms with E-state index in [1.807, 2.05) is 30.5 Å². The van der Waals surface area contributed by atoms with Crippen molar-refractivity contribution in [1.82, 2.24) is 5.32 Å². The number of hydrogen-bond acceptors (Lipinski definition) is 3. The number of thioether (sulfide) groups is 1. The summed E-state index contributed by atoms with van der Waals surface area (Å²) in [5.41, 5.74) is 0.884. The molecule has 1 heterocycles. The SMILES string of the molecule is CSc1ccc(NC(=O)C2CCNC2)cc1.Cl. The summed E-state index contributed by atoms with van der Waals surface area (Å²) < 4.78 is 0. The van der Waals surface area contributed by atoms with Crippen LogP contribution in [-0.4, -0.2) is 25.3 Å². The second-order valence-electron chi connectivity index (χ2n) is 3.91. The molecule has 1 aromatic rings. The summed E-state index contributed by atoms with van der Waals surface area (Å²) in [6, 6.07) is 7.94. The fourth-order valence-corrected chi connectivity index (χ4v) is 2.21. The van der Waals surface area contributed by atoms with Crippen molar-refractivity contribution in [3.63, 3.8) is 0 Å². The lowest BCUT2D eigenvalue weighted by atomic mass is 10.1. The van der Waals surface area contributed by atoms with E-state index in [0.29, 0.717) is 0 Å². The van der Waals surface area contributed by atoms with Crippen molar-refractivity contribution in [2.75, 3.05) is 24.7 Å². The molecule has 1 aliphatic rings. The Bertz CT molecular complexity index is 363. The quantitative estimate of drug-likeness (QED) is 0.830. The van der Waals surface area contributed by atoms with Gasteiger partial charge in [0.25, 0.3) is 0 Å². The Morgan fingerprint density at radius 2 is 2.12 bits per heavy atom. The van der Waals surface area contributed by atoms with Crippen LogP contribution < -0.4 is 10.6 Å². The molecule has 0 aromatic heterocycles. The summed E-state index contributed by atoms with van der Waals surface area (Å²) >= 11 is 1.70. The lowest BCUT2D eigenvalue weighted by Gasteiger charge is -2.09. The van der Waals surface area contributed by atoms with Crippen LogP contribution in [0.4, 0.5) is 5.69 Å². The van der Waals surface area contributed by atoms with Gasteiger partial charge >= 0.3 is 0 Å². The molecule has 2 N–H and O–H groups in total. The minimum atomic E-state index is 0. The van der Waals surface area contributed by atoms with Gasteiger partial charge in [-0.05, 0) is 43.5 Å². The van der Waals surface area contributed by atoms with Crippen LogP contribution in [-0.2, 0) is 4.79 Å². The number of anilines is 1. The number of benzene rings is 1. The lowest BCUT2D eigenvalue weighted by molar-refractivity contribution is -0.119. The standard InChI is InChI=1S/C12H16N2OS.ClH/c1-16-11-4-2-10(3-5-11)14-12(15)9-6-7-13-8-9;/h2-5,9,13H,6-8H2,1H3,(H,14,15);1H. The third kappa shape index (κ3) is 3.91. The highest BCUT2D eigenvalue weighted by Gasteiger charge is 2.22. The van der Waals surface area contributed by atoms with E-state index in [1.54, 1.807) is 11.8 Å². The van der Waals surface area contributed by atoms with Gasteiger partial charge in [0, 0.05) is 17.1 Å². The number of carbonyl (C=O) groups excluding carboxylic acids is 1. The minimum absolute atomic E-state index is 0. The van der Waals surface area contributed by atoms with Crippen molar-refractivity contribution in [2.24, 2.45) is 5.92 Å². The Labute approximate surface area is 112 Å². The highest BCUT2D eigenvalue weighted by molar-refractivity contribution is 7.98. The zero-order valence-corrected chi connectivity index (χ0v) is 11.4. The van der Waals surface area contributed by atoms with Gasteiger partial charge in [-0.15, -0.1) is 24.2 Å². The molecule has 1 aliphatic heterocycles. The van der Waals surface area contributed by atoms with Gasteiger partial charge in [-0.2, -0.15) is 0 Å². The van der Waals surface area contributed by atoms with E-state index >= 15 is 0 Å². The monoisotopic (exact) mass is 272 g/mol. The zero-order valence-electron chi connectivity index (χ0n) is 9.73. The smallest absolute Gasteiger partial charge is 0.228 e. The number of nitrogens with one attached hydrogen (secondary N) is 2. The topological polar surface area (TPSA) is 41.1 Å². The Morgan fingerprint density at radius 1 is 1.41 bits per heavy atom. The molecule has 1 unspecified atom stereocenters. The summed E-state index contributed by atoms with van der Waals surface area (Å²) in [4.78, 5) is 13.0. The molecule has 0 saturated carbocycles. The first kappa shape index (κ1) is 14.4. The molecule has 0 aliphatic carbocycles. The number of rotatable bonds is 3. The molecule has 5 heteroatoms. The van der Waals surface area contributed by atoms with E-state index in [2.05, 4.69) is 10.6 Å². The van der Waals surface area contributed by atoms with Crippen LogP contribution in [0.3, 0.4) is 0 Å². The first-order valence-electron chi connectivity index (χ1n) is 5.45. The second-order valence-corrected chi connectivity index (χ2v) is 4.79. The number of halogens is 1. The Balaban J connectivity index is 0.00000144. The highest BCUT2D eigenvalue weighted by atomic mass is 35.5. The molecule has 2 rings (SSSR count). The largest absolute Gasteiger partial charge is 0.326 e. The highest BCUT2D eigenvalue weighted by Crippen LogP contribution is 2.18. The fraction of sp³-hybridized carbons (Fsp3) is 0.417. The molecule has 1 saturated heterocycles. The maximum Gasteiger partial charge on any atom is 0.228 e. The van der Waals surface area contributed by atoms with Crippen LogP contribution in [0.2, 0.25) is 0 Å². The van der Waals surface area contributed by atoms with Crippen LogP contribution in [0.1, 0.15) is 6.42 Å². The summed E-state index contributed by atoms with van der Waals surface area (Å²) in [7, 11) is 0. The van der Waals surface area contributed by atoms with Gasteiger partial charge in [-0.1, -0.05) is 0 Å². The van der Waals surface area contributed by atoms with E-state index in [1.165, 1.54) is 4.90 Å². The maximum atomic E-state index is 11.8. The number of hydrogen-bond donors (Lipinski definition) is 2. The Morgan fingerprint density at radius 3 is 2.65 bits per heavy atom. The Hall–Kier alpha value is -0.710. The van der Waals surface area contributed by atoms with Crippen LogP contribution in [0.5, 0.6) is 0 Å². The van der Waals surface area contributed by atoms with Gasteiger partial charge in [-0.25, -0.2) is 0 Å². The molecule has 1 aromatic carbocycles. The van der Waals surface area contributed by atoms with Crippen molar-refractivity contribution in [1.29, 1.82) is 0 Å². The molecule has 0 bridgehead atoms. The molecule has 3 nitrogen and oxygen atoms in total. The molecule has 0 radical (unpaired) electrons. The molecule has 1 amide bonds. The van der Waals surface area contributed by atoms with Crippen molar-refractivity contribution >= 4 is 35.8 Å². The number of amides is 1. The van der Waals surface area contributed by atoms with Crippen LogP contribution in [0.25, 0.3) is 0 Å². The minimum Gasteiger partial charge on any atom is -0.326 e. The molecule has 1 atom stereocenters. The van der Waals surface area contributed by atoms with Crippen molar-refractivity contribution < 1.29 is 4.79 Å². The summed E-state index contributed by atoms with van der Waals surface area (Å²) in [5, 5.41) is 6.14. The predicted octanol–water partition coefficient (Wildman–Crippen LogP) is 2.38. The second kappa shape index (κ2) is 6.89. The van der Waals surface area contributed by atoms with Gasteiger partial charge in [0.1, 0.15) is 0 Å². The molecule has 17 heavy (non-hydrogen) atoms. The normalized spacial score (nSPS) is 18.5. The summed E-state index contributed by atoms with van der Waals surface area (Å²) in [5.74, 6) is 0.252. The van der Waals surface area contributed by atoms with Crippen molar-refractivity contribution in [2.45, 2.75) is 11.3 Å². The maximum absolute atomic E-state index is 11.8. The predicted molar refractivity (Wildman–Crippen MR) is 75.1 cm³/mol. The molecule has 1 fully saturated rings. The third-order valence-corrected chi connectivity index (χ3v) is 3.53.